The van der Waals surface area contributed by atoms with E-state index >= 15 is 0 Å². The maximum absolute atomic E-state index is 12.3. The molecule has 0 fully saturated rings. The molecule has 0 aliphatic heterocycles. The van der Waals surface area contributed by atoms with E-state index in [2.05, 4.69) is 20.1 Å². The highest BCUT2D eigenvalue weighted by atomic mass is 32.2. The van der Waals surface area contributed by atoms with Gasteiger partial charge in [-0.15, -0.1) is 11.3 Å². The van der Waals surface area contributed by atoms with E-state index < -0.39 is 0 Å². The molecule has 1 N–H and O–H groups in total. The van der Waals surface area contributed by atoms with E-state index in [9.17, 15) is 9.59 Å². The molecule has 3 rings (SSSR count). The fourth-order valence-corrected chi connectivity index (χ4v) is 4.03. The van der Waals surface area contributed by atoms with Gasteiger partial charge in [0.05, 0.1) is 23.1 Å². The van der Waals surface area contributed by atoms with Crippen molar-refractivity contribution in [2.45, 2.75) is 11.3 Å². The molecule has 0 unspecified atom stereocenters. The molecule has 0 saturated heterocycles. The Kier molecular flexibility index (Phi) is 5.05. The lowest BCUT2D eigenvalue weighted by Crippen LogP contribution is -2.12. The number of amides is 1. The van der Waals surface area contributed by atoms with Crippen molar-refractivity contribution in [3.8, 4) is 0 Å². The van der Waals surface area contributed by atoms with E-state index in [4.69, 9.17) is 0 Å². The van der Waals surface area contributed by atoms with Crippen molar-refractivity contribution < 1.29 is 14.3 Å². The quantitative estimate of drug-likeness (QED) is 0.544. The van der Waals surface area contributed by atoms with Crippen LogP contribution < -0.4 is 5.32 Å². The van der Waals surface area contributed by atoms with Crippen molar-refractivity contribution in [1.82, 2.24) is 14.8 Å². The lowest BCUT2D eigenvalue weighted by Gasteiger charge is -2.02. The summed E-state index contributed by atoms with van der Waals surface area (Å²) in [5.41, 5.74) is 2.78. The summed E-state index contributed by atoms with van der Waals surface area (Å²) in [7, 11) is 3.16. The van der Waals surface area contributed by atoms with Gasteiger partial charge in [-0.3, -0.25) is 14.3 Å². The lowest BCUT2D eigenvalue weighted by atomic mass is 10.3. The van der Waals surface area contributed by atoms with Gasteiger partial charge in [-0.25, -0.2) is 4.98 Å². The molecule has 0 aliphatic rings. The summed E-state index contributed by atoms with van der Waals surface area (Å²) >= 11 is 2.80. The summed E-state index contributed by atoms with van der Waals surface area (Å²) in [4.78, 5) is 27.9. The number of rotatable bonds is 5. The number of esters is 1. The number of aromatic nitrogens is 3. The van der Waals surface area contributed by atoms with E-state index in [-0.39, 0.29) is 17.6 Å². The molecule has 7 nitrogen and oxygen atoms in total. The van der Waals surface area contributed by atoms with Crippen LogP contribution in [-0.4, -0.2) is 39.5 Å². The van der Waals surface area contributed by atoms with Crippen molar-refractivity contribution in [1.29, 1.82) is 0 Å². The zero-order chi connectivity index (χ0) is 18.0. The highest BCUT2D eigenvalue weighted by molar-refractivity contribution is 8.01. The number of thioether (sulfide) groups is 1. The molecule has 25 heavy (non-hydrogen) atoms. The van der Waals surface area contributed by atoms with E-state index in [1.54, 1.807) is 23.9 Å². The number of carbonyl (C=O) groups excluding carboxylic acids is 2. The van der Waals surface area contributed by atoms with Crippen LogP contribution >= 0.6 is 23.1 Å². The Labute approximate surface area is 152 Å². The first-order chi connectivity index (χ1) is 12.0. The van der Waals surface area contributed by atoms with Crippen molar-refractivity contribution in [2.24, 2.45) is 7.05 Å². The minimum atomic E-state index is -0.289. The normalized spacial score (nSPS) is 10.8. The Morgan fingerprint density at radius 1 is 1.36 bits per heavy atom. The van der Waals surface area contributed by atoms with Crippen LogP contribution in [0.1, 0.15) is 16.2 Å². The maximum Gasteiger partial charge on any atom is 0.316 e. The second-order valence-corrected chi connectivity index (χ2v) is 7.53. The van der Waals surface area contributed by atoms with Crippen LogP contribution in [0.2, 0.25) is 0 Å². The molecule has 0 radical (unpaired) electrons. The lowest BCUT2D eigenvalue weighted by molar-refractivity contribution is -0.137. The Bertz CT molecular complexity index is 929. The molecule has 9 heteroatoms. The summed E-state index contributed by atoms with van der Waals surface area (Å²) in [6, 6.07) is 7.24. The molecule has 2 heterocycles. The van der Waals surface area contributed by atoms with Crippen LogP contribution in [0.15, 0.2) is 28.6 Å². The monoisotopic (exact) mass is 376 g/mol. The van der Waals surface area contributed by atoms with Crippen molar-refractivity contribution >= 4 is 50.9 Å². The molecule has 0 aliphatic carbocycles. The fourth-order valence-electron chi connectivity index (χ4n) is 2.09. The fraction of sp³-hybridized carbons (Fsp3) is 0.250. The van der Waals surface area contributed by atoms with E-state index in [1.165, 1.54) is 30.2 Å². The molecule has 0 atom stereocenters. The van der Waals surface area contributed by atoms with Crippen LogP contribution in [0, 0.1) is 6.92 Å². The largest absolute Gasteiger partial charge is 0.468 e. The van der Waals surface area contributed by atoms with Crippen LogP contribution in [-0.2, 0) is 16.6 Å². The van der Waals surface area contributed by atoms with Crippen LogP contribution in [0.5, 0.6) is 0 Å². The second-order valence-electron chi connectivity index (χ2n) is 5.28. The van der Waals surface area contributed by atoms with Gasteiger partial charge < -0.3 is 10.1 Å². The third kappa shape index (κ3) is 3.99. The van der Waals surface area contributed by atoms with Crippen molar-refractivity contribution in [3.63, 3.8) is 0 Å². The van der Waals surface area contributed by atoms with Gasteiger partial charge >= 0.3 is 5.97 Å². The number of hydrogen-bond donors (Lipinski definition) is 1. The molecular weight excluding hydrogens is 360 g/mol. The number of ether oxygens (including phenoxy) is 1. The van der Waals surface area contributed by atoms with Gasteiger partial charge in [0, 0.05) is 18.4 Å². The Balaban J connectivity index is 1.74. The molecule has 0 bridgehead atoms. The topological polar surface area (TPSA) is 86.1 Å². The van der Waals surface area contributed by atoms with Crippen LogP contribution in [0.4, 0.5) is 5.69 Å². The van der Waals surface area contributed by atoms with E-state index in [1.807, 2.05) is 19.1 Å². The summed E-state index contributed by atoms with van der Waals surface area (Å²) in [6.45, 7) is 1.89. The number of carbonyl (C=O) groups is 2. The Morgan fingerprint density at radius 3 is 2.84 bits per heavy atom. The molecule has 130 valence electrons. The Hall–Kier alpha value is -2.39. The van der Waals surface area contributed by atoms with Gasteiger partial charge in [-0.05, 0) is 31.2 Å². The van der Waals surface area contributed by atoms with E-state index in [0.717, 1.165) is 20.3 Å². The minimum Gasteiger partial charge on any atom is -0.468 e. The predicted octanol–water partition coefficient (Wildman–Crippen LogP) is 2.86. The van der Waals surface area contributed by atoms with Gasteiger partial charge in [0.15, 0.2) is 10.0 Å². The number of anilines is 1. The van der Waals surface area contributed by atoms with Gasteiger partial charge in [0.25, 0.3) is 5.91 Å². The zero-order valence-corrected chi connectivity index (χ0v) is 15.5. The van der Waals surface area contributed by atoms with Gasteiger partial charge in [-0.1, -0.05) is 11.8 Å². The van der Waals surface area contributed by atoms with Crippen molar-refractivity contribution in [2.75, 3.05) is 18.2 Å². The highest BCUT2D eigenvalue weighted by Crippen LogP contribution is 2.31. The first-order valence-electron chi connectivity index (χ1n) is 7.38. The average Bonchev–Trinajstić information content (AvgIpc) is 3.15. The molecule has 2 aromatic heterocycles. The van der Waals surface area contributed by atoms with Crippen LogP contribution in [0.25, 0.3) is 10.2 Å². The molecular formula is C16H16N4O3S2. The maximum atomic E-state index is 12.3. The number of thiazole rings is 1. The number of hydrogen-bond acceptors (Lipinski definition) is 7. The third-order valence-electron chi connectivity index (χ3n) is 3.51. The number of fused-ring (bicyclic) bond motifs is 1. The Morgan fingerprint density at radius 2 is 2.16 bits per heavy atom. The number of nitrogens with one attached hydrogen (secondary N) is 1. The number of benzene rings is 1. The van der Waals surface area contributed by atoms with Gasteiger partial charge in [-0.2, -0.15) is 5.10 Å². The smallest absolute Gasteiger partial charge is 0.316 e. The van der Waals surface area contributed by atoms with Gasteiger partial charge in [0.2, 0.25) is 0 Å². The van der Waals surface area contributed by atoms with Gasteiger partial charge in [0.1, 0.15) is 0 Å². The standard InChI is InChI=1S/C16H16N4O3S2/c1-9-6-12(19-20(9)2)15(22)17-10-4-5-11-13(7-10)25-16(18-11)24-8-14(21)23-3/h4-7H,8H2,1-3H3,(H,17,22). The van der Waals surface area contributed by atoms with Crippen LogP contribution in [0.3, 0.4) is 0 Å². The second kappa shape index (κ2) is 7.24. The molecule has 1 aromatic carbocycles. The van der Waals surface area contributed by atoms with E-state index in [0.29, 0.717) is 11.4 Å². The molecule has 0 saturated carbocycles. The summed E-state index contributed by atoms with van der Waals surface area (Å²) in [5.74, 6) is -0.324. The SMILES string of the molecule is COC(=O)CSc1nc2ccc(NC(=O)c3cc(C)n(C)n3)cc2s1. The molecule has 0 spiro atoms. The first kappa shape index (κ1) is 17.4. The number of nitrogens with zero attached hydrogens (tertiary/aromatic N) is 3. The number of methoxy groups -OCH3 is 1. The summed E-state index contributed by atoms with van der Waals surface area (Å²) in [5, 5.41) is 7.01. The predicted molar refractivity (Wildman–Crippen MR) is 98.3 cm³/mol. The highest BCUT2D eigenvalue weighted by Gasteiger charge is 2.13. The molecule has 3 aromatic rings. The average molecular weight is 376 g/mol. The first-order valence-corrected chi connectivity index (χ1v) is 9.18. The number of aryl methyl sites for hydroxylation is 2. The summed E-state index contributed by atoms with van der Waals surface area (Å²) in [6.07, 6.45) is 0. The van der Waals surface area contributed by atoms with Crippen molar-refractivity contribution in [3.05, 3.63) is 35.7 Å². The third-order valence-corrected chi connectivity index (χ3v) is 5.65. The summed E-state index contributed by atoms with van der Waals surface area (Å²) < 4.78 is 8.00. The zero-order valence-electron chi connectivity index (χ0n) is 13.9. The molecule has 1 amide bonds. The minimum absolute atomic E-state index is 0.221.